The molecule has 1 aromatic heterocycles. The van der Waals surface area contributed by atoms with Crippen LogP contribution in [0.4, 0.5) is 0 Å². The van der Waals surface area contributed by atoms with Crippen molar-refractivity contribution in [3.05, 3.63) is 23.7 Å². The molecule has 1 heterocycles. The molecule has 0 aromatic carbocycles. The second-order valence-corrected chi connectivity index (χ2v) is 8.01. The minimum absolute atomic E-state index is 0.0800. The highest BCUT2D eigenvalue weighted by Gasteiger charge is 2.51. The van der Waals surface area contributed by atoms with E-state index in [0.717, 1.165) is 17.8 Å². The Labute approximate surface area is 136 Å². The number of hydrazine groups is 1. The minimum atomic E-state index is -0.406. The maximum absolute atomic E-state index is 12.3. The Bertz CT molecular complexity index is 599. The predicted octanol–water partition coefficient (Wildman–Crippen LogP) is 2.96. The highest BCUT2D eigenvalue weighted by Crippen LogP contribution is 2.61. The van der Waals surface area contributed by atoms with E-state index in [0.29, 0.717) is 12.2 Å². The fourth-order valence-corrected chi connectivity index (χ4v) is 5.64. The van der Waals surface area contributed by atoms with Crippen molar-refractivity contribution in [2.75, 3.05) is 0 Å². The molecular formula is C18H24N2O3. The number of rotatable bonds is 3. The average molecular weight is 316 g/mol. The quantitative estimate of drug-likeness (QED) is 0.842. The summed E-state index contributed by atoms with van der Waals surface area (Å²) >= 11 is 0. The van der Waals surface area contributed by atoms with Gasteiger partial charge in [0.1, 0.15) is 5.76 Å². The van der Waals surface area contributed by atoms with Crippen LogP contribution in [0.5, 0.6) is 0 Å². The topological polar surface area (TPSA) is 71.3 Å². The van der Waals surface area contributed by atoms with E-state index in [-0.39, 0.29) is 17.1 Å². The molecule has 4 aliphatic carbocycles. The van der Waals surface area contributed by atoms with Crippen molar-refractivity contribution in [3.8, 4) is 0 Å². The van der Waals surface area contributed by atoms with Gasteiger partial charge in [0.25, 0.3) is 0 Å². The summed E-state index contributed by atoms with van der Waals surface area (Å²) in [6, 6.07) is 3.34. The molecule has 4 bridgehead atoms. The Morgan fingerprint density at radius 1 is 1.09 bits per heavy atom. The number of nitrogens with one attached hydrogen (secondary N) is 2. The van der Waals surface area contributed by atoms with E-state index in [4.69, 9.17) is 4.42 Å². The molecule has 0 spiro atoms. The first-order valence-corrected chi connectivity index (χ1v) is 8.67. The van der Waals surface area contributed by atoms with Gasteiger partial charge >= 0.3 is 5.91 Å². The molecule has 4 fully saturated rings. The van der Waals surface area contributed by atoms with Crippen LogP contribution < -0.4 is 10.9 Å². The number of carbonyl (C=O) groups is 2. The van der Waals surface area contributed by atoms with E-state index in [1.54, 1.807) is 19.1 Å². The summed E-state index contributed by atoms with van der Waals surface area (Å²) in [5.74, 6) is 2.90. The maximum Gasteiger partial charge on any atom is 0.305 e. The lowest BCUT2D eigenvalue weighted by molar-refractivity contribution is -0.130. The number of aryl methyl sites for hydroxylation is 1. The Morgan fingerprint density at radius 2 is 1.70 bits per heavy atom. The van der Waals surface area contributed by atoms with E-state index in [1.165, 1.54) is 38.5 Å². The minimum Gasteiger partial charge on any atom is -0.456 e. The maximum atomic E-state index is 12.3. The largest absolute Gasteiger partial charge is 0.456 e. The molecule has 124 valence electrons. The third-order valence-electron chi connectivity index (χ3n) is 5.98. The Balaban J connectivity index is 1.33. The van der Waals surface area contributed by atoms with Crippen LogP contribution in [0.2, 0.25) is 0 Å². The monoisotopic (exact) mass is 316 g/mol. The van der Waals surface area contributed by atoms with Crippen molar-refractivity contribution in [1.82, 2.24) is 10.9 Å². The number of amides is 2. The molecule has 1 aromatic rings. The van der Waals surface area contributed by atoms with Gasteiger partial charge in [-0.2, -0.15) is 0 Å². The lowest BCUT2D eigenvalue weighted by atomic mass is 9.49. The van der Waals surface area contributed by atoms with Gasteiger partial charge in [-0.3, -0.25) is 20.4 Å². The van der Waals surface area contributed by atoms with Crippen LogP contribution in [0.1, 0.15) is 61.3 Å². The van der Waals surface area contributed by atoms with Crippen LogP contribution in [0, 0.1) is 30.1 Å². The van der Waals surface area contributed by atoms with Gasteiger partial charge in [0.2, 0.25) is 5.91 Å². The van der Waals surface area contributed by atoms with Crippen LogP contribution >= 0.6 is 0 Å². The van der Waals surface area contributed by atoms with Crippen molar-refractivity contribution in [1.29, 1.82) is 0 Å². The lowest BCUT2D eigenvalue weighted by Gasteiger charge is -2.56. The highest BCUT2D eigenvalue weighted by molar-refractivity contribution is 5.93. The third-order valence-corrected chi connectivity index (χ3v) is 5.98. The predicted molar refractivity (Wildman–Crippen MR) is 84.3 cm³/mol. The number of hydrogen-bond acceptors (Lipinski definition) is 3. The Hall–Kier alpha value is -1.78. The number of hydrogen-bond donors (Lipinski definition) is 2. The van der Waals surface area contributed by atoms with Gasteiger partial charge in [0.15, 0.2) is 5.76 Å². The van der Waals surface area contributed by atoms with Gasteiger partial charge in [0, 0.05) is 6.42 Å². The second kappa shape index (κ2) is 5.39. The van der Waals surface area contributed by atoms with Gasteiger partial charge in [-0.15, -0.1) is 0 Å². The van der Waals surface area contributed by atoms with E-state index in [2.05, 4.69) is 10.9 Å². The fourth-order valence-electron chi connectivity index (χ4n) is 5.64. The molecule has 0 saturated heterocycles. The van der Waals surface area contributed by atoms with E-state index in [1.807, 2.05) is 0 Å². The smallest absolute Gasteiger partial charge is 0.305 e. The molecule has 5 heteroatoms. The summed E-state index contributed by atoms with van der Waals surface area (Å²) in [5, 5.41) is 0. The van der Waals surface area contributed by atoms with Gasteiger partial charge < -0.3 is 4.42 Å². The summed E-state index contributed by atoms with van der Waals surface area (Å²) in [4.78, 5) is 24.2. The van der Waals surface area contributed by atoms with E-state index < -0.39 is 5.91 Å². The first kappa shape index (κ1) is 14.8. The summed E-state index contributed by atoms with van der Waals surface area (Å²) in [6.45, 7) is 1.78. The molecule has 5 nitrogen and oxygen atoms in total. The molecule has 2 amide bonds. The van der Waals surface area contributed by atoms with Crippen molar-refractivity contribution >= 4 is 11.8 Å². The summed E-state index contributed by atoms with van der Waals surface area (Å²) in [7, 11) is 0. The molecule has 0 aliphatic heterocycles. The molecule has 0 atom stereocenters. The summed E-state index contributed by atoms with van der Waals surface area (Å²) in [5.41, 5.74) is 5.21. The Kier molecular flexibility index (Phi) is 3.47. The molecule has 23 heavy (non-hydrogen) atoms. The van der Waals surface area contributed by atoms with Crippen LogP contribution in [-0.4, -0.2) is 11.8 Å². The van der Waals surface area contributed by atoms with Crippen LogP contribution in [0.15, 0.2) is 16.5 Å². The van der Waals surface area contributed by atoms with Gasteiger partial charge in [-0.1, -0.05) is 0 Å². The SMILES string of the molecule is Cc1ccc(C(=O)NNC(=O)CC23CC4CC(CC(C4)C2)C3)o1. The molecule has 2 N–H and O–H groups in total. The van der Waals surface area contributed by atoms with Crippen molar-refractivity contribution in [3.63, 3.8) is 0 Å². The van der Waals surface area contributed by atoms with E-state index >= 15 is 0 Å². The molecular weight excluding hydrogens is 292 g/mol. The summed E-state index contributed by atoms with van der Waals surface area (Å²) < 4.78 is 5.25. The van der Waals surface area contributed by atoms with Crippen LogP contribution in [-0.2, 0) is 4.79 Å². The van der Waals surface area contributed by atoms with Gasteiger partial charge in [-0.05, 0) is 80.8 Å². The normalized spacial score (nSPS) is 34.4. The van der Waals surface area contributed by atoms with Crippen LogP contribution in [0.3, 0.4) is 0 Å². The van der Waals surface area contributed by atoms with Gasteiger partial charge in [0.05, 0.1) is 0 Å². The Morgan fingerprint density at radius 3 is 2.22 bits per heavy atom. The second-order valence-electron chi connectivity index (χ2n) is 8.01. The molecule has 0 radical (unpaired) electrons. The molecule has 4 aliphatic rings. The average Bonchev–Trinajstić information content (AvgIpc) is 2.89. The van der Waals surface area contributed by atoms with Crippen molar-refractivity contribution in [2.45, 2.75) is 51.9 Å². The molecule has 5 rings (SSSR count). The first-order chi connectivity index (χ1) is 11.0. The summed E-state index contributed by atoms with van der Waals surface area (Å²) in [6.07, 6.45) is 8.22. The number of carbonyl (C=O) groups excluding carboxylic acids is 2. The lowest BCUT2D eigenvalue weighted by Crippen LogP contribution is -2.50. The molecule has 0 unspecified atom stereocenters. The standard InChI is InChI=1S/C18H24N2O3/c1-11-2-3-15(23-11)17(22)20-19-16(21)10-18-7-12-4-13(8-18)6-14(5-12)9-18/h2-3,12-14H,4-10H2,1H3,(H,19,21)(H,20,22). The zero-order valence-electron chi connectivity index (χ0n) is 13.6. The third kappa shape index (κ3) is 2.89. The van der Waals surface area contributed by atoms with Crippen LogP contribution in [0.25, 0.3) is 0 Å². The van der Waals surface area contributed by atoms with Gasteiger partial charge in [-0.25, -0.2) is 0 Å². The van der Waals surface area contributed by atoms with E-state index in [9.17, 15) is 9.59 Å². The van der Waals surface area contributed by atoms with Crippen molar-refractivity contribution in [2.24, 2.45) is 23.2 Å². The highest BCUT2D eigenvalue weighted by atomic mass is 16.3. The zero-order chi connectivity index (χ0) is 16.0. The zero-order valence-corrected chi connectivity index (χ0v) is 13.6. The fraction of sp³-hybridized carbons (Fsp3) is 0.667. The van der Waals surface area contributed by atoms with Crippen molar-refractivity contribution < 1.29 is 14.0 Å². The number of furan rings is 1. The first-order valence-electron chi connectivity index (χ1n) is 8.67. The molecule has 4 saturated carbocycles.